The number of fused-ring (bicyclic) bond motifs is 1. The first-order valence-electron chi connectivity index (χ1n) is 8.91. The number of likely N-dealkylation sites (tertiary alicyclic amines) is 1. The molecule has 5 heteroatoms. The molecule has 1 aromatic carbocycles. The maximum Gasteiger partial charge on any atom is 0.227 e. The fraction of sp³-hybridized carbons (Fsp3) is 0.579. The molecule has 0 N–H and O–H groups in total. The Morgan fingerprint density at radius 3 is 2.92 bits per heavy atom. The van der Waals surface area contributed by atoms with Gasteiger partial charge in [-0.15, -0.1) is 0 Å². The SMILES string of the molecule is C[C@H](Cn1cnc2ccccc21)C(=O)N1CCCC[C@H]1CN(C)C. The van der Waals surface area contributed by atoms with Gasteiger partial charge in [-0.1, -0.05) is 19.1 Å². The van der Waals surface area contributed by atoms with E-state index in [9.17, 15) is 4.79 Å². The molecule has 130 valence electrons. The van der Waals surface area contributed by atoms with E-state index in [1.54, 1.807) is 0 Å². The second-order valence-corrected chi connectivity index (χ2v) is 7.23. The van der Waals surface area contributed by atoms with E-state index >= 15 is 0 Å². The number of carbonyl (C=O) groups is 1. The van der Waals surface area contributed by atoms with Crippen molar-refractivity contribution in [1.29, 1.82) is 0 Å². The summed E-state index contributed by atoms with van der Waals surface area (Å²) in [5.74, 6) is 0.240. The fourth-order valence-electron chi connectivity index (χ4n) is 3.71. The zero-order valence-electron chi connectivity index (χ0n) is 15.0. The third-order valence-electron chi connectivity index (χ3n) is 4.91. The lowest BCUT2D eigenvalue weighted by Gasteiger charge is -2.38. The van der Waals surface area contributed by atoms with Crippen LogP contribution in [0.15, 0.2) is 30.6 Å². The van der Waals surface area contributed by atoms with Gasteiger partial charge in [0.2, 0.25) is 5.91 Å². The predicted molar refractivity (Wildman–Crippen MR) is 96.8 cm³/mol. The number of carbonyl (C=O) groups excluding carboxylic acids is 1. The van der Waals surface area contributed by atoms with Crippen molar-refractivity contribution in [3.8, 4) is 0 Å². The molecule has 0 unspecified atom stereocenters. The van der Waals surface area contributed by atoms with Crippen LogP contribution >= 0.6 is 0 Å². The van der Waals surface area contributed by atoms with Crippen molar-refractivity contribution in [2.24, 2.45) is 5.92 Å². The predicted octanol–water partition coefficient (Wildman–Crippen LogP) is 2.62. The summed E-state index contributed by atoms with van der Waals surface area (Å²) in [5, 5.41) is 0. The van der Waals surface area contributed by atoms with E-state index in [1.807, 2.05) is 31.5 Å². The number of para-hydroxylation sites is 2. The number of benzene rings is 1. The van der Waals surface area contributed by atoms with Crippen LogP contribution in [-0.4, -0.2) is 58.5 Å². The first-order chi connectivity index (χ1) is 11.6. The summed E-state index contributed by atoms with van der Waals surface area (Å²) < 4.78 is 2.10. The van der Waals surface area contributed by atoms with Crippen molar-refractivity contribution in [2.45, 2.75) is 38.8 Å². The maximum absolute atomic E-state index is 13.0. The average Bonchev–Trinajstić information content (AvgIpc) is 2.97. The minimum Gasteiger partial charge on any atom is -0.338 e. The van der Waals surface area contributed by atoms with Gasteiger partial charge in [-0.2, -0.15) is 0 Å². The lowest BCUT2D eigenvalue weighted by Crippen LogP contribution is -2.50. The summed E-state index contributed by atoms with van der Waals surface area (Å²) in [4.78, 5) is 21.8. The van der Waals surface area contributed by atoms with Crippen LogP contribution in [0.1, 0.15) is 26.2 Å². The second kappa shape index (κ2) is 7.34. The van der Waals surface area contributed by atoms with Crippen molar-refractivity contribution in [1.82, 2.24) is 19.4 Å². The number of aromatic nitrogens is 2. The first-order valence-corrected chi connectivity index (χ1v) is 8.91. The van der Waals surface area contributed by atoms with Gasteiger partial charge < -0.3 is 14.4 Å². The molecule has 0 aliphatic carbocycles. The van der Waals surface area contributed by atoms with Crippen molar-refractivity contribution in [3.63, 3.8) is 0 Å². The molecule has 3 rings (SSSR count). The van der Waals surface area contributed by atoms with Crippen LogP contribution in [0, 0.1) is 5.92 Å². The highest BCUT2D eigenvalue weighted by molar-refractivity contribution is 5.79. The molecular formula is C19H28N4O. The summed E-state index contributed by atoms with van der Waals surface area (Å²) in [6, 6.07) is 8.44. The Morgan fingerprint density at radius 2 is 2.12 bits per heavy atom. The van der Waals surface area contributed by atoms with E-state index in [1.165, 1.54) is 6.42 Å². The lowest BCUT2D eigenvalue weighted by molar-refractivity contribution is -0.139. The Kier molecular flexibility index (Phi) is 5.19. The van der Waals surface area contributed by atoms with Crippen molar-refractivity contribution in [3.05, 3.63) is 30.6 Å². The van der Waals surface area contributed by atoms with E-state index < -0.39 is 0 Å². The van der Waals surface area contributed by atoms with Crippen molar-refractivity contribution < 1.29 is 4.79 Å². The molecule has 1 saturated heterocycles. The molecule has 1 fully saturated rings. The third-order valence-corrected chi connectivity index (χ3v) is 4.91. The third kappa shape index (κ3) is 3.61. The number of piperidine rings is 1. The van der Waals surface area contributed by atoms with Crippen molar-refractivity contribution in [2.75, 3.05) is 27.2 Å². The zero-order valence-corrected chi connectivity index (χ0v) is 15.0. The minimum atomic E-state index is -0.0367. The molecule has 1 amide bonds. The van der Waals surface area contributed by atoms with Gasteiger partial charge in [0.1, 0.15) is 0 Å². The highest BCUT2D eigenvalue weighted by Crippen LogP contribution is 2.21. The number of hydrogen-bond donors (Lipinski definition) is 0. The first kappa shape index (κ1) is 17.0. The second-order valence-electron chi connectivity index (χ2n) is 7.23. The molecule has 0 spiro atoms. The van der Waals surface area contributed by atoms with E-state index in [2.05, 4.69) is 39.5 Å². The van der Waals surface area contributed by atoms with E-state index in [4.69, 9.17) is 0 Å². The van der Waals surface area contributed by atoms with Gasteiger partial charge >= 0.3 is 0 Å². The molecule has 1 aromatic heterocycles. The maximum atomic E-state index is 13.0. The van der Waals surface area contributed by atoms with Gasteiger partial charge in [0.25, 0.3) is 0 Å². The van der Waals surface area contributed by atoms with Crippen LogP contribution in [0.5, 0.6) is 0 Å². The monoisotopic (exact) mass is 328 g/mol. The fourth-order valence-corrected chi connectivity index (χ4v) is 3.71. The molecule has 1 aliphatic rings. The van der Waals surface area contributed by atoms with Crippen LogP contribution in [-0.2, 0) is 11.3 Å². The Hall–Kier alpha value is -1.88. The summed E-state index contributed by atoms with van der Waals surface area (Å²) in [6.07, 6.45) is 5.31. The molecule has 0 saturated carbocycles. The number of likely N-dealkylation sites (N-methyl/N-ethyl adjacent to an activating group) is 1. The lowest BCUT2D eigenvalue weighted by atomic mass is 9.99. The Labute approximate surface area is 144 Å². The molecule has 24 heavy (non-hydrogen) atoms. The molecule has 0 radical (unpaired) electrons. The number of nitrogens with zero attached hydrogens (tertiary/aromatic N) is 4. The average molecular weight is 328 g/mol. The summed E-state index contributed by atoms with van der Waals surface area (Å²) >= 11 is 0. The van der Waals surface area contributed by atoms with Gasteiger partial charge in [0.05, 0.1) is 23.3 Å². The van der Waals surface area contributed by atoms with Crippen LogP contribution in [0.25, 0.3) is 11.0 Å². The molecule has 2 heterocycles. The highest BCUT2D eigenvalue weighted by atomic mass is 16.2. The number of rotatable bonds is 5. The van der Waals surface area contributed by atoms with Crippen LogP contribution in [0.2, 0.25) is 0 Å². The van der Waals surface area contributed by atoms with E-state index in [0.29, 0.717) is 12.6 Å². The van der Waals surface area contributed by atoms with E-state index in [0.717, 1.165) is 37.0 Å². The Bertz CT molecular complexity index is 693. The Balaban J connectivity index is 1.71. The molecule has 2 aromatic rings. The normalized spacial score (nSPS) is 19.8. The topological polar surface area (TPSA) is 41.4 Å². The van der Waals surface area contributed by atoms with Gasteiger partial charge in [-0.25, -0.2) is 4.98 Å². The smallest absolute Gasteiger partial charge is 0.227 e. The summed E-state index contributed by atoms with van der Waals surface area (Å²) in [7, 11) is 4.16. The van der Waals surface area contributed by atoms with Gasteiger partial charge in [0.15, 0.2) is 0 Å². The number of imidazole rings is 1. The van der Waals surface area contributed by atoms with Crippen molar-refractivity contribution >= 4 is 16.9 Å². The quantitative estimate of drug-likeness (QED) is 0.847. The molecule has 1 aliphatic heterocycles. The van der Waals surface area contributed by atoms with Gasteiger partial charge in [-0.05, 0) is 45.5 Å². The zero-order chi connectivity index (χ0) is 17.1. The summed E-state index contributed by atoms with van der Waals surface area (Å²) in [5.41, 5.74) is 2.08. The number of amides is 1. The van der Waals surface area contributed by atoms with Gasteiger partial charge in [-0.3, -0.25) is 4.79 Å². The molecular weight excluding hydrogens is 300 g/mol. The largest absolute Gasteiger partial charge is 0.338 e. The van der Waals surface area contributed by atoms with Crippen LogP contribution < -0.4 is 0 Å². The van der Waals surface area contributed by atoms with Gasteiger partial charge in [0, 0.05) is 25.7 Å². The van der Waals surface area contributed by atoms with E-state index in [-0.39, 0.29) is 11.8 Å². The Morgan fingerprint density at radius 1 is 1.33 bits per heavy atom. The summed E-state index contributed by atoms with van der Waals surface area (Å²) in [6.45, 7) is 4.57. The minimum absolute atomic E-state index is 0.0367. The number of hydrogen-bond acceptors (Lipinski definition) is 3. The molecule has 2 atom stereocenters. The highest BCUT2D eigenvalue weighted by Gasteiger charge is 2.30. The van der Waals surface area contributed by atoms with Crippen LogP contribution in [0.3, 0.4) is 0 Å². The molecule has 0 bridgehead atoms. The molecule has 5 nitrogen and oxygen atoms in total. The standard InChI is InChI=1S/C19H28N4O/c1-15(12-22-14-20-17-9-4-5-10-18(17)22)19(24)23-11-7-6-8-16(23)13-21(2)3/h4-5,9-10,14-16H,6-8,11-13H2,1-3H3/t15-,16+/m1/s1. The van der Waals surface area contributed by atoms with Crippen LogP contribution in [0.4, 0.5) is 0 Å².